The van der Waals surface area contributed by atoms with Crippen molar-refractivity contribution in [2.75, 3.05) is 26.4 Å². The molecule has 1 aromatic heterocycles. The molecule has 0 saturated heterocycles. The number of allylic oxidation sites excluding steroid dienone is 5. The minimum atomic E-state index is -0.842. The highest BCUT2D eigenvalue weighted by atomic mass is 16.5. The number of fused-ring (bicyclic) bond motifs is 11. The molecule has 0 spiro atoms. The highest BCUT2D eigenvalue weighted by Gasteiger charge is 2.46. The lowest BCUT2D eigenvalue weighted by Crippen LogP contribution is -2.29. The molecule has 52 heavy (non-hydrogen) atoms. The van der Waals surface area contributed by atoms with E-state index in [1.165, 1.54) is 0 Å². The Morgan fingerprint density at radius 2 is 1.27 bits per heavy atom. The summed E-state index contributed by atoms with van der Waals surface area (Å²) >= 11 is 0. The predicted octanol–water partition coefficient (Wildman–Crippen LogP) is 3.24. The van der Waals surface area contributed by atoms with E-state index < -0.39 is 41.8 Å². The number of ether oxygens (including phenoxy) is 4. The maximum Gasteiger partial charge on any atom is 0.342 e. The molecule has 7 rings (SSSR count). The lowest BCUT2D eigenvalue weighted by atomic mass is 9.79. The summed E-state index contributed by atoms with van der Waals surface area (Å²) < 4.78 is 22.3. The van der Waals surface area contributed by atoms with Crippen LogP contribution in [0.5, 0.6) is 0 Å². The van der Waals surface area contributed by atoms with Gasteiger partial charge in [-0.05, 0) is 52.0 Å². The molecule has 8 bridgehead atoms. The molecule has 0 fully saturated rings. The zero-order valence-corrected chi connectivity index (χ0v) is 29.1. The number of carbonyl (C=O) groups is 4. The predicted molar refractivity (Wildman–Crippen MR) is 193 cm³/mol. The van der Waals surface area contributed by atoms with Crippen molar-refractivity contribution in [1.82, 2.24) is 4.98 Å². The first-order chi connectivity index (χ1) is 25.3. The number of hydrogen-bond acceptors (Lipinski definition) is 11. The molecule has 12 nitrogen and oxygen atoms in total. The summed E-state index contributed by atoms with van der Waals surface area (Å²) in [7, 11) is 0. The highest BCUT2D eigenvalue weighted by molar-refractivity contribution is 6.49. The van der Waals surface area contributed by atoms with Gasteiger partial charge in [-0.15, -0.1) is 0 Å². The number of aliphatic imine (C=N–C) groups is 3. The van der Waals surface area contributed by atoms with Crippen LogP contribution in [-0.4, -0.2) is 78.5 Å². The second kappa shape index (κ2) is 14.2. The number of H-pyrrole nitrogens is 1. The van der Waals surface area contributed by atoms with Crippen molar-refractivity contribution in [3.63, 3.8) is 0 Å². The molecular weight excluding hydrogens is 664 g/mol. The summed E-state index contributed by atoms with van der Waals surface area (Å²) in [6, 6.07) is 9.70. The van der Waals surface area contributed by atoms with Crippen LogP contribution in [0.4, 0.5) is 0 Å². The second-order valence-corrected chi connectivity index (χ2v) is 12.1. The van der Waals surface area contributed by atoms with E-state index in [0.717, 1.165) is 0 Å². The lowest BCUT2D eigenvalue weighted by molar-refractivity contribution is -0.139. The quantitative estimate of drug-likeness (QED) is 0.325. The Kier molecular flexibility index (Phi) is 9.37. The smallest absolute Gasteiger partial charge is 0.342 e. The molecule has 2 aromatic rings. The van der Waals surface area contributed by atoms with Crippen molar-refractivity contribution in [3.8, 4) is 0 Å². The van der Waals surface area contributed by atoms with Crippen LogP contribution in [0.25, 0.3) is 16.8 Å². The largest absolute Gasteiger partial charge is 0.463 e. The number of benzene rings is 1. The number of aromatic nitrogens is 1. The fourth-order valence-corrected chi connectivity index (χ4v) is 7.06. The Balaban J connectivity index is 1.66. The van der Waals surface area contributed by atoms with Crippen LogP contribution in [0.15, 0.2) is 105 Å². The highest BCUT2D eigenvalue weighted by Crippen LogP contribution is 2.43. The van der Waals surface area contributed by atoms with Crippen LogP contribution in [-0.2, 0) is 38.1 Å². The Morgan fingerprint density at radius 3 is 1.96 bits per heavy atom. The molecule has 12 heteroatoms. The SMILES string of the molecule is CCOC(=O)C1=C2N=C(C(C(=O)OCC)=c3ccc([nH]3)=C(C(=O)OCC)C3=NC(=C(C(=O)OCC)C4N=C1C1C=CC=CC14)C=C3)c1ccccc12. The number of aromatic amines is 1. The molecule has 0 radical (unpaired) electrons. The first-order valence-corrected chi connectivity index (χ1v) is 17.3. The molecule has 1 aromatic carbocycles. The van der Waals surface area contributed by atoms with Gasteiger partial charge in [-0.25, -0.2) is 29.2 Å². The van der Waals surface area contributed by atoms with E-state index in [-0.39, 0.29) is 71.5 Å². The monoisotopic (exact) mass is 700 g/mol. The van der Waals surface area contributed by atoms with Gasteiger partial charge in [0.15, 0.2) is 0 Å². The summed E-state index contributed by atoms with van der Waals surface area (Å²) in [5.41, 5.74) is 2.96. The van der Waals surface area contributed by atoms with Crippen LogP contribution < -0.4 is 10.7 Å². The average molecular weight is 701 g/mol. The van der Waals surface area contributed by atoms with Gasteiger partial charge >= 0.3 is 23.9 Å². The number of rotatable bonds is 8. The van der Waals surface area contributed by atoms with E-state index in [9.17, 15) is 19.2 Å². The Bertz CT molecular complexity index is 2290. The third-order valence-corrected chi connectivity index (χ3v) is 9.15. The van der Waals surface area contributed by atoms with Gasteiger partial charge in [0.1, 0.15) is 16.7 Å². The molecule has 264 valence electrons. The van der Waals surface area contributed by atoms with Gasteiger partial charge in [0.05, 0.1) is 77.3 Å². The van der Waals surface area contributed by atoms with E-state index in [0.29, 0.717) is 27.5 Å². The van der Waals surface area contributed by atoms with Crippen LogP contribution in [0.3, 0.4) is 0 Å². The van der Waals surface area contributed by atoms with Crippen LogP contribution in [0.1, 0.15) is 38.8 Å². The van der Waals surface area contributed by atoms with Gasteiger partial charge in [-0.1, -0.05) is 48.6 Å². The molecule has 0 saturated carbocycles. The lowest BCUT2D eigenvalue weighted by Gasteiger charge is -2.24. The maximum atomic E-state index is 14.2. The first-order valence-electron chi connectivity index (χ1n) is 17.3. The molecule has 1 N–H and O–H groups in total. The van der Waals surface area contributed by atoms with Gasteiger partial charge in [0, 0.05) is 23.0 Å². The van der Waals surface area contributed by atoms with Gasteiger partial charge in [0.2, 0.25) is 0 Å². The van der Waals surface area contributed by atoms with E-state index in [1.54, 1.807) is 52.0 Å². The fraction of sp³-hybridized carbons (Fsp3) is 0.275. The molecule has 3 unspecified atom stereocenters. The molecule has 0 amide bonds. The van der Waals surface area contributed by atoms with Gasteiger partial charge in [-0.3, -0.25) is 4.99 Å². The Morgan fingerprint density at radius 1 is 0.673 bits per heavy atom. The Hall–Kier alpha value is -6.17. The third kappa shape index (κ3) is 5.79. The molecule has 5 heterocycles. The Labute approximate surface area is 299 Å². The van der Waals surface area contributed by atoms with E-state index in [1.807, 2.05) is 48.6 Å². The average Bonchev–Trinajstić information content (AvgIpc) is 3.94. The fourth-order valence-electron chi connectivity index (χ4n) is 7.06. The van der Waals surface area contributed by atoms with Crippen molar-refractivity contribution in [2.45, 2.75) is 33.7 Å². The standard InChI is InChI=1S/C40H36N4O8/c1-5-49-37(45)29-25-17-19-27(41-25)30(38(46)50-6-2)33-21-13-9-11-15-23(21)35(43-33)32(40(48)52-8-4)36-24-16-12-10-14-22(24)34(44-36)31(39(47)51-7-3)28-20-18-26(29)42-28/h9-21,23,33,42H,5-8H2,1-4H3. The van der Waals surface area contributed by atoms with Gasteiger partial charge in [-0.2, -0.15) is 0 Å². The number of nitrogens with one attached hydrogen (secondary N) is 1. The van der Waals surface area contributed by atoms with Crippen LogP contribution in [0.2, 0.25) is 0 Å². The molecule has 3 atom stereocenters. The molecule has 5 aliphatic rings. The van der Waals surface area contributed by atoms with Gasteiger partial charge < -0.3 is 23.9 Å². The third-order valence-electron chi connectivity index (χ3n) is 9.15. The minimum absolute atomic E-state index is 0.0829. The molecular formula is C40H36N4O8. The number of esters is 4. The van der Waals surface area contributed by atoms with Crippen LogP contribution >= 0.6 is 0 Å². The van der Waals surface area contributed by atoms with E-state index >= 15 is 0 Å². The first kappa shape index (κ1) is 34.3. The summed E-state index contributed by atoms with van der Waals surface area (Å²) in [4.78, 5) is 73.7. The van der Waals surface area contributed by atoms with E-state index in [2.05, 4.69) is 4.98 Å². The number of hydrogen-bond donors (Lipinski definition) is 1. The number of nitrogens with zero attached hydrogens (tertiary/aromatic N) is 3. The van der Waals surface area contributed by atoms with Crippen molar-refractivity contribution in [3.05, 3.63) is 112 Å². The van der Waals surface area contributed by atoms with Crippen LogP contribution in [0, 0.1) is 11.8 Å². The topological polar surface area (TPSA) is 158 Å². The zero-order chi connectivity index (χ0) is 36.5. The van der Waals surface area contributed by atoms with Crippen molar-refractivity contribution in [1.29, 1.82) is 0 Å². The van der Waals surface area contributed by atoms with Crippen molar-refractivity contribution < 1.29 is 38.1 Å². The maximum absolute atomic E-state index is 14.2. The van der Waals surface area contributed by atoms with Crippen molar-refractivity contribution >= 4 is 57.9 Å². The van der Waals surface area contributed by atoms with Gasteiger partial charge in [0.25, 0.3) is 0 Å². The second-order valence-electron chi connectivity index (χ2n) is 12.1. The summed E-state index contributed by atoms with van der Waals surface area (Å²) in [6.45, 7) is 7.18. The van der Waals surface area contributed by atoms with Crippen molar-refractivity contribution in [2.24, 2.45) is 26.8 Å². The normalized spacial score (nSPS) is 21.0. The zero-order valence-electron chi connectivity index (χ0n) is 29.1. The summed E-state index contributed by atoms with van der Waals surface area (Å²) in [5.74, 6) is -3.49. The van der Waals surface area contributed by atoms with E-state index in [4.69, 9.17) is 33.9 Å². The molecule has 4 aliphatic heterocycles. The number of carbonyl (C=O) groups excluding carboxylic acids is 4. The summed E-state index contributed by atoms with van der Waals surface area (Å²) in [5, 5.41) is 0.611. The molecule has 1 aliphatic carbocycles. The minimum Gasteiger partial charge on any atom is -0.463 e. The summed E-state index contributed by atoms with van der Waals surface area (Å²) in [6.07, 6.45) is 10.9.